The first-order valence-electron chi connectivity index (χ1n) is 17.3. The molecule has 1 N–H and O–H groups in total. The number of nitrogens with zero attached hydrogens (tertiary/aromatic N) is 2. The van der Waals surface area contributed by atoms with Gasteiger partial charge in [0.25, 0.3) is 0 Å². The maximum absolute atomic E-state index is 14.5. The van der Waals surface area contributed by atoms with Crippen molar-refractivity contribution in [3.63, 3.8) is 0 Å². The van der Waals surface area contributed by atoms with Gasteiger partial charge in [0, 0.05) is 24.5 Å². The van der Waals surface area contributed by atoms with Crippen LogP contribution in [0.4, 0.5) is 31.5 Å². The molecule has 282 valence electrons. The van der Waals surface area contributed by atoms with Gasteiger partial charge in [-0.15, -0.1) is 0 Å². The summed E-state index contributed by atoms with van der Waals surface area (Å²) < 4.78 is 87.5. The number of rotatable bonds is 9. The van der Waals surface area contributed by atoms with Gasteiger partial charge in [0.1, 0.15) is 25.6 Å². The molecule has 14 heteroatoms. The van der Waals surface area contributed by atoms with Crippen molar-refractivity contribution in [2.45, 2.75) is 24.3 Å². The molecule has 6 aromatic rings. The number of halogens is 5. The third-order valence-corrected chi connectivity index (χ3v) is 9.89. The summed E-state index contributed by atoms with van der Waals surface area (Å²) in [6.45, 7) is -0.198. The van der Waals surface area contributed by atoms with Crippen molar-refractivity contribution in [2.24, 2.45) is 0 Å². The Bertz CT molecular complexity index is 2420. The monoisotopic (exact) mass is 765 g/mol. The highest BCUT2D eigenvalue weighted by Gasteiger charge is 2.34. The second-order valence-corrected chi connectivity index (χ2v) is 13.1. The highest BCUT2D eigenvalue weighted by Crippen LogP contribution is 2.45. The van der Waals surface area contributed by atoms with E-state index in [2.05, 4.69) is 15.0 Å². The van der Waals surface area contributed by atoms with E-state index in [1.54, 1.807) is 0 Å². The van der Waals surface area contributed by atoms with Gasteiger partial charge in [-0.05, 0) is 44.5 Å². The second kappa shape index (κ2) is 14.8. The molecule has 0 aliphatic heterocycles. The number of esters is 1. The topological polar surface area (TPSA) is 109 Å². The molecule has 8 rings (SSSR count). The summed E-state index contributed by atoms with van der Waals surface area (Å²) in [4.78, 5) is 43.8. The van der Waals surface area contributed by atoms with Gasteiger partial charge in [-0.2, -0.15) is 8.78 Å². The van der Waals surface area contributed by atoms with Crippen molar-refractivity contribution in [3.8, 4) is 28.0 Å². The van der Waals surface area contributed by atoms with E-state index >= 15 is 0 Å². The molecule has 1 atom stereocenters. The van der Waals surface area contributed by atoms with Gasteiger partial charge in [0.15, 0.2) is 0 Å². The molecular formula is C42H28F5N3O6. The molecule has 9 nitrogen and oxygen atoms in total. The fourth-order valence-corrected chi connectivity index (χ4v) is 7.27. The Morgan fingerprint density at radius 1 is 0.625 bits per heavy atom. The maximum Gasteiger partial charge on any atom is 0.419 e. The number of hydrogen-bond acceptors (Lipinski definition) is 7. The lowest BCUT2D eigenvalue weighted by atomic mass is 9.98. The maximum atomic E-state index is 14.5. The number of amides is 1. The van der Waals surface area contributed by atoms with Crippen LogP contribution in [-0.2, 0) is 20.7 Å². The smallest absolute Gasteiger partial charge is 0.419 e. The Balaban J connectivity index is 0.992. The quantitative estimate of drug-likeness (QED) is 0.0518. The zero-order valence-corrected chi connectivity index (χ0v) is 29.0. The minimum atomic E-state index is -2.45. The molecule has 2 aliphatic carbocycles. The van der Waals surface area contributed by atoms with E-state index in [4.69, 9.17) is 9.47 Å². The highest BCUT2D eigenvalue weighted by atomic mass is 19.2. The van der Waals surface area contributed by atoms with Crippen molar-refractivity contribution >= 4 is 18.2 Å². The first-order valence-corrected chi connectivity index (χ1v) is 17.3. The summed E-state index contributed by atoms with van der Waals surface area (Å²) in [5.74, 6) is -16.0. The van der Waals surface area contributed by atoms with Crippen LogP contribution in [0.25, 0.3) is 22.3 Å². The summed E-state index contributed by atoms with van der Waals surface area (Å²) in [5.41, 5.74) is 7.71. The number of imidazole rings is 1. The molecule has 0 fully saturated rings. The van der Waals surface area contributed by atoms with E-state index in [0.29, 0.717) is 0 Å². The minimum absolute atomic E-state index is 0.0133. The van der Waals surface area contributed by atoms with Crippen LogP contribution in [0.1, 0.15) is 39.8 Å². The number of ether oxygens (including phenoxy) is 3. The number of nitrogens with one attached hydrogen (secondary N) is 1. The first kappa shape index (κ1) is 36.2. The Morgan fingerprint density at radius 3 is 1.54 bits per heavy atom. The zero-order valence-electron chi connectivity index (χ0n) is 29.0. The third kappa shape index (κ3) is 6.52. The molecule has 0 spiro atoms. The zero-order chi connectivity index (χ0) is 39.1. The van der Waals surface area contributed by atoms with Gasteiger partial charge in [-0.25, -0.2) is 37.1 Å². The largest absolute Gasteiger partial charge is 0.449 e. The lowest BCUT2D eigenvalue weighted by molar-refractivity contribution is -0.137. The SMILES string of the molecule is O=C(N[C@H](Cc1cn(C(=O)OCC2c3ccccc3-c3ccccc32)cn1)C(=O)Oc1c(F)c(F)c(F)c(F)c1F)OCC1c2ccccc2-c2ccccc21. The van der Waals surface area contributed by atoms with Crippen LogP contribution >= 0.6 is 0 Å². The highest BCUT2D eigenvalue weighted by molar-refractivity contribution is 5.84. The first-order chi connectivity index (χ1) is 27.1. The van der Waals surface area contributed by atoms with Crippen LogP contribution in [-0.4, -0.2) is 47.0 Å². The summed E-state index contributed by atoms with van der Waals surface area (Å²) in [7, 11) is 0. The van der Waals surface area contributed by atoms with Gasteiger partial charge in [0.05, 0.1) is 5.69 Å². The molecule has 0 unspecified atom stereocenters. The van der Waals surface area contributed by atoms with Crippen LogP contribution in [0.15, 0.2) is 110 Å². The van der Waals surface area contributed by atoms with Crippen LogP contribution in [0.5, 0.6) is 5.75 Å². The molecule has 2 aliphatic rings. The average Bonchev–Trinajstić information content (AvgIpc) is 3.92. The number of carbonyl (C=O) groups excluding carboxylic acids is 3. The Hall–Kier alpha value is -6.83. The molecule has 1 aromatic heterocycles. The van der Waals surface area contributed by atoms with E-state index in [9.17, 15) is 36.3 Å². The third-order valence-electron chi connectivity index (χ3n) is 9.89. The summed E-state index contributed by atoms with van der Waals surface area (Å²) in [5, 5.41) is 2.25. The number of hydrogen-bond donors (Lipinski definition) is 1. The molecule has 0 radical (unpaired) electrons. The number of benzene rings is 5. The summed E-state index contributed by atoms with van der Waals surface area (Å²) >= 11 is 0. The molecule has 1 heterocycles. The molecule has 56 heavy (non-hydrogen) atoms. The normalized spacial score (nSPS) is 13.3. The minimum Gasteiger partial charge on any atom is -0.449 e. The number of alkyl carbamates (subject to hydrolysis) is 1. The van der Waals surface area contributed by atoms with E-state index in [-0.39, 0.29) is 30.7 Å². The van der Waals surface area contributed by atoms with E-state index < -0.39 is 65.5 Å². The van der Waals surface area contributed by atoms with Crippen molar-refractivity contribution in [2.75, 3.05) is 13.2 Å². The van der Waals surface area contributed by atoms with Crippen LogP contribution < -0.4 is 10.1 Å². The number of fused-ring (bicyclic) bond motifs is 6. The summed E-state index contributed by atoms with van der Waals surface area (Å²) in [6, 6.07) is 28.7. The predicted molar refractivity (Wildman–Crippen MR) is 190 cm³/mol. The molecule has 0 saturated heterocycles. The average molecular weight is 766 g/mol. The fourth-order valence-electron chi connectivity index (χ4n) is 7.27. The molecular weight excluding hydrogens is 737 g/mol. The van der Waals surface area contributed by atoms with Gasteiger partial charge < -0.3 is 19.5 Å². The van der Waals surface area contributed by atoms with E-state index in [0.717, 1.165) is 55.4 Å². The van der Waals surface area contributed by atoms with Gasteiger partial charge in [-0.1, -0.05) is 97.1 Å². The number of carbonyl (C=O) groups is 3. The fraction of sp³-hybridized carbons (Fsp3) is 0.143. The van der Waals surface area contributed by atoms with Crippen LogP contribution in [0.2, 0.25) is 0 Å². The predicted octanol–water partition coefficient (Wildman–Crippen LogP) is 8.43. The standard InChI is InChI=1S/C42H28F5N3O6/c43-34-35(44)37(46)39(38(47)36(34)45)56-40(51)33(49-41(52)54-19-31-27-13-5-1-9-23(27)24-10-2-6-14-28(24)31)17-22-18-50(21-48-22)42(53)55-20-32-29-15-7-3-11-25(29)26-12-4-8-16-30(26)32/h1-16,18,21,31-33H,17,19-20H2,(H,49,52)/t33-/m1/s1. The second-order valence-electron chi connectivity index (χ2n) is 13.1. The van der Waals surface area contributed by atoms with Crippen molar-refractivity contribution in [3.05, 3.63) is 167 Å². The molecule has 0 bridgehead atoms. The van der Waals surface area contributed by atoms with Crippen LogP contribution in [0, 0.1) is 29.1 Å². The Labute approximate surface area is 315 Å². The molecule has 0 saturated carbocycles. The van der Waals surface area contributed by atoms with Gasteiger partial charge in [0.2, 0.25) is 34.8 Å². The molecule has 1 amide bonds. The number of aromatic nitrogens is 2. The summed E-state index contributed by atoms with van der Waals surface area (Å²) in [6.07, 6.45) is -0.273. The lowest BCUT2D eigenvalue weighted by Gasteiger charge is -2.19. The van der Waals surface area contributed by atoms with Crippen LogP contribution in [0.3, 0.4) is 0 Å². The lowest BCUT2D eigenvalue weighted by Crippen LogP contribution is -2.45. The van der Waals surface area contributed by atoms with Gasteiger partial charge >= 0.3 is 18.2 Å². The van der Waals surface area contributed by atoms with Gasteiger partial charge in [-0.3, -0.25) is 0 Å². The Morgan fingerprint density at radius 2 is 1.05 bits per heavy atom. The van der Waals surface area contributed by atoms with E-state index in [1.165, 1.54) is 6.20 Å². The molecule has 5 aromatic carbocycles. The van der Waals surface area contributed by atoms with Crippen molar-refractivity contribution in [1.82, 2.24) is 14.9 Å². The Kier molecular flexibility index (Phi) is 9.54. The van der Waals surface area contributed by atoms with Crippen molar-refractivity contribution in [1.29, 1.82) is 0 Å². The van der Waals surface area contributed by atoms with Crippen molar-refractivity contribution < 1.29 is 50.5 Å². The van der Waals surface area contributed by atoms with E-state index in [1.807, 2.05) is 97.1 Å².